The molecule has 4 unspecified atom stereocenters. The second-order valence-corrected chi connectivity index (χ2v) is 10.6. The molecule has 3 fully saturated rings. The van der Waals surface area contributed by atoms with Crippen molar-refractivity contribution in [3.05, 3.63) is 58.3 Å². The van der Waals surface area contributed by atoms with Crippen molar-refractivity contribution < 1.29 is 9.59 Å². The van der Waals surface area contributed by atoms with Gasteiger partial charge in [-0.05, 0) is 55.0 Å². The smallest absolute Gasteiger partial charge is 0.254 e. The van der Waals surface area contributed by atoms with Gasteiger partial charge in [-0.1, -0.05) is 36.8 Å². The summed E-state index contributed by atoms with van der Waals surface area (Å²) in [5.74, 6) is 1.13. The van der Waals surface area contributed by atoms with Crippen LogP contribution >= 0.6 is 11.3 Å². The summed E-state index contributed by atoms with van der Waals surface area (Å²) in [5, 5.41) is 3.89. The number of piperidine rings is 1. The van der Waals surface area contributed by atoms with Crippen LogP contribution in [0.25, 0.3) is 0 Å². The minimum atomic E-state index is -0.0861. The van der Waals surface area contributed by atoms with E-state index in [0.29, 0.717) is 17.9 Å². The Kier molecular flexibility index (Phi) is 6.81. The topological polar surface area (TPSA) is 64.7 Å². The number of rotatable bonds is 6. The van der Waals surface area contributed by atoms with Crippen LogP contribution in [0.15, 0.2) is 47.2 Å². The number of nitrogens with zero attached hydrogens (tertiary/aromatic N) is 2. The van der Waals surface area contributed by atoms with Gasteiger partial charge in [-0.25, -0.2) is 5.43 Å². The number of nitrogens with one attached hydrogen (secondary N) is 2. The molecule has 176 valence electrons. The van der Waals surface area contributed by atoms with E-state index in [4.69, 9.17) is 0 Å². The minimum absolute atomic E-state index is 0.0861. The number of likely N-dealkylation sites (tertiary alicyclic amines) is 1. The summed E-state index contributed by atoms with van der Waals surface area (Å²) in [6.07, 6.45) is 6.20. The van der Waals surface area contributed by atoms with Gasteiger partial charge in [0.15, 0.2) is 0 Å². The third-order valence-corrected chi connectivity index (χ3v) is 8.64. The van der Waals surface area contributed by atoms with Crippen molar-refractivity contribution in [1.29, 1.82) is 0 Å². The van der Waals surface area contributed by atoms with E-state index in [9.17, 15) is 9.59 Å². The minimum Gasteiger partial charge on any atom is -0.341 e. The molecule has 2 saturated heterocycles. The molecule has 5 rings (SSSR count). The van der Waals surface area contributed by atoms with Crippen LogP contribution < -0.4 is 10.9 Å². The molecule has 33 heavy (non-hydrogen) atoms. The molecule has 2 N–H and O–H groups in total. The van der Waals surface area contributed by atoms with Crippen molar-refractivity contribution in [3.8, 4) is 0 Å². The van der Waals surface area contributed by atoms with E-state index in [1.807, 2.05) is 34.8 Å². The zero-order chi connectivity index (χ0) is 22.8. The van der Waals surface area contributed by atoms with Crippen molar-refractivity contribution >= 4 is 23.2 Å². The molecule has 3 aliphatic rings. The predicted molar refractivity (Wildman–Crippen MR) is 131 cm³/mol. The van der Waals surface area contributed by atoms with Crippen molar-refractivity contribution in [2.75, 3.05) is 20.1 Å². The molecule has 0 spiro atoms. The molecule has 2 aromatic rings. The predicted octanol–water partition coefficient (Wildman–Crippen LogP) is 3.32. The largest absolute Gasteiger partial charge is 0.341 e. The van der Waals surface area contributed by atoms with Crippen LogP contribution in [0.1, 0.15) is 48.0 Å². The molecule has 1 aromatic carbocycles. The highest BCUT2D eigenvalue weighted by atomic mass is 32.1. The van der Waals surface area contributed by atoms with E-state index in [2.05, 4.69) is 40.0 Å². The van der Waals surface area contributed by atoms with E-state index >= 15 is 0 Å². The third-order valence-electron chi connectivity index (χ3n) is 7.96. The van der Waals surface area contributed by atoms with E-state index < -0.39 is 0 Å². The van der Waals surface area contributed by atoms with Crippen molar-refractivity contribution in [2.45, 2.75) is 56.7 Å². The molecule has 1 aromatic heterocycles. The van der Waals surface area contributed by atoms with Gasteiger partial charge < -0.3 is 9.80 Å². The van der Waals surface area contributed by atoms with Crippen LogP contribution in [0, 0.1) is 11.8 Å². The molecule has 0 bridgehead atoms. The Hall–Kier alpha value is -2.22. The zero-order valence-corrected chi connectivity index (χ0v) is 20.1. The molecule has 1 saturated carbocycles. The molecule has 4 atom stereocenters. The number of carbonyl (C=O) groups is 2. The molecule has 7 heteroatoms. The number of fused-ring (bicyclic) bond motifs is 1. The van der Waals surface area contributed by atoms with Gasteiger partial charge in [0.1, 0.15) is 6.04 Å². The summed E-state index contributed by atoms with van der Waals surface area (Å²) < 4.78 is 0. The first-order valence-corrected chi connectivity index (χ1v) is 13.2. The maximum Gasteiger partial charge on any atom is 0.254 e. The van der Waals surface area contributed by atoms with Crippen LogP contribution in [-0.2, 0) is 11.2 Å². The summed E-state index contributed by atoms with van der Waals surface area (Å²) >= 11 is 1.56. The van der Waals surface area contributed by atoms with Gasteiger partial charge in [-0.3, -0.25) is 15.0 Å². The van der Waals surface area contributed by atoms with Crippen LogP contribution in [0.4, 0.5) is 0 Å². The highest BCUT2D eigenvalue weighted by Gasteiger charge is 2.44. The van der Waals surface area contributed by atoms with Crippen LogP contribution in [0.2, 0.25) is 0 Å². The number of likely N-dealkylation sites (N-methyl/N-ethyl adjacent to an activating group) is 1. The quantitative estimate of drug-likeness (QED) is 0.686. The summed E-state index contributed by atoms with van der Waals surface area (Å²) in [4.78, 5) is 30.5. The monoisotopic (exact) mass is 466 g/mol. The number of hydrazine groups is 1. The fraction of sp³-hybridized carbons (Fsp3) is 0.538. The van der Waals surface area contributed by atoms with Crippen molar-refractivity contribution in [3.63, 3.8) is 0 Å². The van der Waals surface area contributed by atoms with E-state index in [0.717, 1.165) is 50.8 Å². The molecule has 3 heterocycles. The Morgan fingerprint density at radius 2 is 1.88 bits per heavy atom. The highest BCUT2D eigenvalue weighted by molar-refractivity contribution is 7.08. The fourth-order valence-electron chi connectivity index (χ4n) is 6.03. The van der Waals surface area contributed by atoms with E-state index in [1.165, 1.54) is 12.0 Å². The molecule has 2 aliphatic heterocycles. The number of hydrogen-bond donors (Lipinski definition) is 2. The summed E-state index contributed by atoms with van der Waals surface area (Å²) in [6, 6.07) is 12.8. The van der Waals surface area contributed by atoms with Gasteiger partial charge in [-0.15, -0.1) is 0 Å². The molecule has 0 radical (unpaired) electrons. The number of benzene rings is 1. The summed E-state index contributed by atoms with van der Waals surface area (Å²) in [6.45, 7) is 1.54. The first-order valence-electron chi connectivity index (χ1n) is 12.2. The standard InChI is InChI=1S/C26H34N4O2S/c1-29(25(31)20-12-15-33-17-20)23(16-18-6-3-2-4-7-18)19-10-13-30(14-11-19)26(32)24-21-8-5-9-22(21)27-28-24/h2-4,6-7,12,15,17,19,21-24,27-28H,5,8-11,13-14,16H2,1H3. The Bertz CT molecular complexity index is 942. The lowest BCUT2D eigenvalue weighted by atomic mass is 9.84. The Labute approximate surface area is 200 Å². The van der Waals surface area contributed by atoms with Gasteiger partial charge >= 0.3 is 0 Å². The molecule has 1 aliphatic carbocycles. The number of carbonyl (C=O) groups excluding carboxylic acids is 2. The second-order valence-electron chi connectivity index (χ2n) is 9.82. The first kappa shape index (κ1) is 22.6. The van der Waals surface area contributed by atoms with E-state index in [-0.39, 0.29) is 23.9 Å². The Morgan fingerprint density at radius 1 is 1.09 bits per heavy atom. The second kappa shape index (κ2) is 9.95. The lowest BCUT2D eigenvalue weighted by Gasteiger charge is -2.41. The maximum atomic E-state index is 13.3. The molecule has 6 nitrogen and oxygen atoms in total. The molecular weight excluding hydrogens is 432 g/mol. The van der Waals surface area contributed by atoms with Gasteiger partial charge in [0, 0.05) is 43.5 Å². The van der Waals surface area contributed by atoms with Gasteiger partial charge in [0.2, 0.25) is 5.91 Å². The third kappa shape index (κ3) is 4.72. The SMILES string of the molecule is CN(C(=O)c1ccsc1)C(Cc1ccccc1)C1CCN(C(=O)C2NNC3CCCC32)CC1. The normalized spacial score (nSPS) is 26.2. The van der Waals surface area contributed by atoms with Gasteiger partial charge in [0.25, 0.3) is 5.91 Å². The van der Waals surface area contributed by atoms with Crippen molar-refractivity contribution in [2.24, 2.45) is 11.8 Å². The van der Waals surface area contributed by atoms with Crippen LogP contribution in [0.3, 0.4) is 0 Å². The summed E-state index contributed by atoms with van der Waals surface area (Å²) in [5.41, 5.74) is 8.63. The van der Waals surface area contributed by atoms with Gasteiger partial charge in [0.05, 0.1) is 5.56 Å². The van der Waals surface area contributed by atoms with Crippen LogP contribution in [0.5, 0.6) is 0 Å². The number of thiophene rings is 1. The Morgan fingerprint density at radius 3 is 2.61 bits per heavy atom. The first-order chi connectivity index (χ1) is 16.1. The molecule has 2 amide bonds. The lowest BCUT2D eigenvalue weighted by Crippen LogP contribution is -2.52. The zero-order valence-electron chi connectivity index (χ0n) is 19.3. The molecular formula is C26H34N4O2S. The number of amides is 2. The Balaban J connectivity index is 1.26. The maximum absolute atomic E-state index is 13.3. The fourth-order valence-corrected chi connectivity index (χ4v) is 6.66. The van der Waals surface area contributed by atoms with E-state index in [1.54, 1.807) is 11.3 Å². The summed E-state index contributed by atoms with van der Waals surface area (Å²) in [7, 11) is 1.94. The lowest BCUT2D eigenvalue weighted by molar-refractivity contribution is -0.135. The van der Waals surface area contributed by atoms with Crippen molar-refractivity contribution in [1.82, 2.24) is 20.7 Å². The van der Waals surface area contributed by atoms with Gasteiger partial charge in [-0.2, -0.15) is 11.3 Å². The average Bonchev–Trinajstić information content (AvgIpc) is 3.61. The highest BCUT2D eigenvalue weighted by Crippen LogP contribution is 2.33. The van der Waals surface area contributed by atoms with Crippen LogP contribution in [-0.4, -0.2) is 59.9 Å². The number of hydrogen-bond acceptors (Lipinski definition) is 5. The average molecular weight is 467 g/mol.